The predicted octanol–water partition coefficient (Wildman–Crippen LogP) is 1.40. The summed E-state index contributed by atoms with van der Waals surface area (Å²) in [4.78, 5) is 31.4. The van der Waals surface area contributed by atoms with E-state index in [4.69, 9.17) is 4.74 Å². The number of para-hydroxylation sites is 1. The summed E-state index contributed by atoms with van der Waals surface area (Å²) >= 11 is 0. The third-order valence-corrected chi connectivity index (χ3v) is 5.24. The molecule has 0 saturated carbocycles. The second kappa shape index (κ2) is 10.2. The normalized spacial score (nSPS) is 14.9. The highest BCUT2D eigenvalue weighted by Crippen LogP contribution is 2.17. The number of benzene rings is 1. The number of carbonyl (C=O) groups excluding carboxylic acids is 2. The first-order valence-corrected chi connectivity index (χ1v) is 10.0. The third kappa shape index (κ3) is 5.81. The highest BCUT2D eigenvalue weighted by Gasteiger charge is 2.15. The van der Waals surface area contributed by atoms with E-state index in [0.29, 0.717) is 26.1 Å². The van der Waals surface area contributed by atoms with Gasteiger partial charge in [-0.2, -0.15) is 0 Å². The quantitative estimate of drug-likeness (QED) is 0.683. The van der Waals surface area contributed by atoms with Crippen molar-refractivity contribution in [1.82, 2.24) is 20.1 Å². The standard InChI is InChI=1S/C21H30N4O3/c1-17(26)25(11-10-24-12-14-28-15-13-24)9-7-21(27)22-8-6-18-16-23-20-5-3-2-4-19(18)20/h2-5,16,23H,6-15H2,1H3,(H,22,27). The van der Waals surface area contributed by atoms with E-state index in [1.165, 1.54) is 10.9 Å². The maximum atomic E-state index is 12.2. The first-order valence-electron chi connectivity index (χ1n) is 10.0. The fourth-order valence-corrected chi connectivity index (χ4v) is 3.51. The Hall–Kier alpha value is -2.38. The molecule has 0 spiro atoms. The first-order chi connectivity index (χ1) is 13.6. The molecule has 1 aromatic carbocycles. The molecule has 1 saturated heterocycles. The molecule has 7 nitrogen and oxygen atoms in total. The van der Waals surface area contributed by atoms with Crippen LogP contribution in [0.1, 0.15) is 18.9 Å². The van der Waals surface area contributed by atoms with Crippen LogP contribution in [0.5, 0.6) is 0 Å². The van der Waals surface area contributed by atoms with Gasteiger partial charge in [0.25, 0.3) is 0 Å². The highest BCUT2D eigenvalue weighted by molar-refractivity contribution is 5.83. The second-order valence-electron chi connectivity index (χ2n) is 7.17. The Kier molecular flexibility index (Phi) is 7.45. The van der Waals surface area contributed by atoms with Crippen LogP contribution in [-0.2, 0) is 20.7 Å². The maximum absolute atomic E-state index is 12.2. The summed E-state index contributed by atoms with van der Waals surface area (Å²) < 4.78 is 5.34. The number of hydrogen-bond acceptors (Lipinski definition) is 4. The van der Waals surface area contributed by atoms with Crippen LogP contribution in [0.4, 0.5) is 0 Å². The maximum Gasteiger partial charge on any atom is 0.221 e. The van der Waals surface area contributed by atoms with Gasteiger partial charge in [-0.1, -0.05) is 18.2 Å². The molecule has 2 aromatic rings. The number of nitrogens with zero attached hydrogens (tertiary/aromatic N) is 2. The van der Waals surface area contributed by atoms with Gasteiger partial charge < -0.3 is 19.9 Å². The number of morpholine rings is 1. The van der Waals surface area contributed by atoms with Crippen molar-refractivity contribution in [2.75, 3.05) is 52.5 Å². The molecule has 0 atom stereocenters. The van der Waals surface area contributed by atoms with Crippen molar-refractivity contribution in [2.45, 2.75) is 19.8 Å². The van der Waals surface area contributed by atoms with Crippen LogP contribution < -0.4 is 5.32 Å². The summed E-state index contributed by atoms with van der Waals surface area (Å²) in [6.07, 6.45) is 3.11. The van der Waals surface area contributed by atoms with Crippen LogP contribution in [0, 0.1) is 0 Å². The van der Waals surface area contributed by atoms with Gasteiger partial charge in [0.2, 0.25) is 11.8 Å². The minimum absolute atomic E-state index is 0.0138. The second-order valence-corrected chi connectivity index (χ2v) is 7.17. The Morgan fingerprint density at radius 3 is 2.79 bits per heavy atom. The summed E-state index contributed by atoms with van der Waals surface area (Å²) in [6.45, 7) is 7.39. The van der Waals surface area contributed by atoms with Gasteiger partial charge in [0.1, 0.15) is 0 Å². The van der Waals surface area contributed by atoms with Crippen molar-refractivity contribution in [3.05, 3.63) is 36.0 Å². The zero-order valence-corrected chi connectivity index (χ0v) is 16.6. The third-order valence-electron chi connectivity index (χ3n) is 5.24. The zero-order chi connectivity index (χ0) is 19.8. The minimum atomic E-state index is -0.0162. The molecule has 3 rings (SSSR count). The topological polar surface area (TPSA) is 77.7 Å². The molecule has 2 amide bonds. The summed E-state index contributed by atoms with van der Waals surface area (Å²) in [5.41, 5.74) is 2.31. The Morgan fingerprint density at radius 1 is 1.21 bits per heavy atom. The average Bonchev–Trinajstić information content (AvgIpc) is 3.12. The fourth-order valence-electron chi connectivity index (χ4n) is 3.51. The summed E-state index contributed by atoms with van der Waals surface area (Å²) in [5, 5.41) is 4.16. The Morgan fingerprint density at radius 2 is 2.00 bits per heavy atom. The molecule has 1 aliphatic rings. The van der Waals surface area contributed by atoms with Crippen molar-refractivity contribution in [3.63, 3.8) is 0 Å². The Balaban J connectivity index is 1.37. The molecular weight excluding hydrogens is 356 g/mol. The van der Waals surface area contributed by atoms with E-state index in [0.717, 1.165) is 44.8 Å². The van der Waals surface area contributed by atoms with E-state index < -0.39 is 0 Å². The van der Waals surface area contributed by atoms with E-state index in [1.54, 1.807) is 11.8 Å². The van der Waals surface area contributed by atoms with Gasteiger partial charge in [0.05, 0.1) is 13.2 Å². The molecule has 0 aliphatic carbocycles. The van der Waals surface area contributed by atoms with E-state index >= 15 is 0 Å². The van der Waals surface area contributed by atoms with Crippen molar-refractivity contribution in [2.24, 2.45) is 0 Å². The number of amides is 2. The molecule has 1 fully saturated rings. The number of fused-ring (bicyclic) bond motifs is 1. The lowest BCUT2D eigenvalue weighted by molar-refractivity contribution is -0.130. The molecule has 0 unspecified atom stereocenters. The minimum Gasteiger partial charge on any atom is -0.379 e. The summed E-state index contributed by atoms with van der Waals surface area (Å²) in [7, 11) is 0. The Labute approximate surface area is 166 Å². The van der Waals surface area contributed by atoms with Crippen LogP contribution in [0.25, 0.3) is 10.9 Å². The number of hydrogen-bond donors (Lipinski definition) is 2. The van der Waals surface area contributed by atoms with Gasteiger partial charge in [-0.15, -0.1) is 0 Å². The van der Waals surface area contributed by atoms with Gasteiger partial charge in [-0.3, -0.25) is 14.5 Å². The summed E-state index contributed by atoms with van der Waals surface area (Å²) in [5.74, 6) is -0.00249. The molecule has 7 heteroatoms. The molecule has 2 N–H and O–H groups in total. The van der Waals surface area contributed by atoms with Gasteiger partial charge in [0, 0.05) is 69.7 Å². The zero-order valence-electron chi connectivity index (χ0n) is 16.6. The van der Waals surface area contributed by atoms with E-state index in [2.05, 4.69) is 21.3 Å². The lowest BCUT2D eigenvalue weighted by Gasteiger charge is -2.29. The summed E-state index contributed by atoms with van der Waals surface area (Å²) in [6, 6.07) is 8.16. The van der Waals surface area contributed by atoms with E-state index in [1.807, 2.05) is 24.4 Å². The first kappa shape index (κ1) is 20.4. The molecule has 28 heavy (non-hydrogen) atoms. The number of aromatic amines is 1. The smallest absolute Gasteiger partial charge is 0.221 e. The molecular formula is C21H30N4O3. The van der Waals surface area contributed by atoms with Gasteiger partial charge in [0.15, 0.2) is 0 Å². The number of aromatic nitrogens is 1. The van der Waals surface area contributed by atoms with Crippen LogP contribution in [0.15, 0.2) is 30.5 Å². The number of ether oxygens (including phenoxy) is 1. The van der Waals surface area contributed by atoms with Crippen LogP contribution in [0.2, 0.25) is 0 Å². The van der Waals surface area contributed by atoms with Gasteiger partial charge >= 0.3 is 0 Å². The lowest BCUT2D eigenvalue weighted by Crippen LogP contribution is -2.43. The lowest BCUT2D eigenvalue weighted by atomic mass is 10.1. The van der Waals surface area contributed by atoms with Crippen LogP contribution >= 0.6 is 0 Å². The number of rotatable bonds is 9. The van der Waals surface area contributed by atoms with Gasteiger partial charge in [-0.05, 0) is 18.1 Å². The van der Waals surface area contributed by atoms with Crippen molar-refractivity contribution < 1.29 is 14.3 Å². The van der Waals surface area contributed by atoms with Crippen LogP contribution in [0.3, 0.4) is 0 Å². The van der Waals surface area contributed by atoms with Crippen molar-refractivity contribution in [3.8, 4) is 0 Å². The molecule has 1 aliphatic heterocycles. The number of H-pyrrole nitrogens is 1. The number of nitrogens with one attached hydrogen (secondary N) is 2. The van der Waals surface area contributed by atoms with E-state index in [-0.39, 0.29) is 11.8 Å². The van der Waals surface area contributed by atoms with Crippen LogP contribution in [-0.4, -0.2) is 79.1 Å². The highest BCUT2D eigenvalue weighted by atomic mass is 16.5. The molecule has 0 bridgehead atoms. The van der Waals surface area contributed by atoms with E-state index in [9.17, 15) is 9.59 Å². The monoisotopic (exact) mass is 386 g/mol. The largest absolute Gasteiger partial charge is 0.379 e. The Bertz CT molecular complexity index is 783. The molecule has 2 heterocycles. The number of carbonyl (C=O) groups is 2. The SMILES string of the molecule is CC(=O)N(CCC(=O)NCCc1c[nH]c2ccccc12)CCN1CCOCC1. The van der Waals surface area contributed by atoms with Crippen molar-refractivity contribution >= 4 is 22.7 Å². The van der Waals surface area contributed by atoms with Gasteiger partial charge in [-0.25, -0.2) is 0 Å². The van der Waals surface area contributed by atoms with Crippen molar-refractivity contribution in [1.29, 1.82) is 0 Å². The average molecular weight is 386 g/mol. The fraction of sp³-hybridized carbons (Fsp3) is 0.524. The predicted molar refractivity (Wildman–Crippen MR) is 109 cm³/mol. The molecule has 152 valence electrons. The molecule has 1 aromatic heterocycles. The molecule has 0 radical (unpaired) electrons.